The van der Waals surface area contributed by atoms with Gasteiger partial charge in [0.1, 0.15) is 52.1 Å². The number of nitrogens with two attached hydrogens (primary N) is 1. The van der Waals surface area contributed by atoms with E-state index in [0.717, 1.165) is 49.2 Å². The van der Waals surface area contributed by atoms with Crippen LogP contribution in [-0.2, 0) is 42.1 Å². The van der Waals surface area contributed by atoms with Crippen LogP contribution in [0.2, 0.25) is 0 Å². The number of carbonyl (C=O) groups is 5. The normalized spacial score (nSPS) is 14.5. The summed E-state index contributed by atoms with van der Waals surface area (Å²) in [5.41, 5.74) is 6.28. The van der Waals surface area contributed by atoms with Gasteiger partial charge in [-0.25, -0.2) is 59.1 Å². The maximum absolute atomic E-state index is 14.9. The van der Waals surface area contributed by atoms with Crippen molar-refractivity contribution in [1.29, 1.82) is 0 Å². The number of nitrogens with one attached hydrogen (secondary N) is 4. The number of phenolic OH excluding ortho intramolecular Hbond substituents is 1. The van der Waals surface area contributed by atoms with E-state index in [4.69, 9.17) is 48.6 Å². The molecule has 3 aliphatic heterocycles. The van der Waals surface area contributed by atoms with Crippen molar-refractivity contribution in [3.05, 3.63) is 264 Å². The maximum Gasteiger partial charge on any atom is 0.497 e. The maximum atomic E-state index is 14.9. The molecule has 13 rings (SSSR count). The van der Waals surface area contributed by atoms with Gasteiger partial charge in [-0.3, -0.25) is 0 Å². The molecule has 0 aromatic heterocycles. The van der Waals surface area contributed by atoms with Crippen molar-refractivity contribution in [3.63, 3.8) is 0 Å². The molecule has 0 aliphatic carbocycles. The second kappa shape index (κ2) is 52.7. The average molecular weight is 2320 g/mol. The lowest BCUT2D eigenvalue weighted by Crippen LogP contribution is -2.41. The van der Waals surface area contributed by atoms with Crippen molar-refractivity contribution >= 4 is 178 Å². The van der Waals surface area contributed by atoms with Crippen LogP contribution < -0.4 is 51.4 Å². The Bertz CT molecular complexity index is 5710. The summed E-state index contributed by atoms with van der Waals surface area (Å²) in [6.45, 7) is 13.9. The van der Waals surface area contributed by atoms with Crippen LogP contribution in [0.15, 0.2) is 195 Å². The number of anilines is 9. The number of methoxy groups -OCH3 is 3. The van der Waals surface area contributed by atoms with Crippen LogP contribution >= 0.6 is 70.4 Å². The first-order chi connectivity index (χ1) is 66.1. The molecule has 0 bridgehead atoms. The fourth-order valence-electron chi connectivity index (χ4n) is 11.6. The van der Waals surface area contributed by atoms with Gasteiger partial charge in [0.2, 0.25) is 6.43 Å². The predicted octanol–water partition coefficient (Wildman–Crippen LogP) is 25.2. The predicted molar refractivity (Wildman–Crippen MR) is 518 cm³/mol. The number of nitrogen functional groups attached to an aromatic ring is 1. The quantitative estimate of drug-likeness (QED) is 0.00407. The van der Waals surface area contributed by atoms with Crippen LogP contribution in [0.1, 0.15) is 140 Å². The molecule has 0 saturated carbocycles. The van der Waals surface area contributed by atoms with Crippen LogP contribution in [0, 0.1) is 41.8 Å². The van der Waals surface area contributed by atoms with E-state index in [0.29, 0.717) is 34.5 Å². The second-order valence-corrected chi connectivity index (χ2v) is 36.1. The lowest BCUT2D eigenvalue weighted by Gasteiger charge is -2.32. The monoisotopic (exact) mass is 2320 g/mol. The van der Waals surface area contributed by atoms with Crippen molar-refractivity contribution in [3.8, 4) is 28.7 Å². The Morgan fingerprint density at radius 2 is 0.620 bits per heavy atom. The van der Waals surface area contributed by atoms with Crippen LogP contribution in [0.3, 0.4) is 0 Å². The lowest BCUT2D eigenvalue weighted by atomic mass is 9.49. The summed E-state index contributed by atoms with van der Waals surface area (Å²) >= 11 is 10.4. The van der Waals surface area contributed by atoms with Gasteiger partial charge < -0.3 is 103 Å². The summed E-state index contributed by atoms with van der Waals surface area (Å²) < 4.78 is 266. The molecule has 3 saturated heterocycles. The highest BCUT2D eigenvalue weighted by molar-refractivity contribution is 14.1. The molecule has 0 amide bonds. The summed E-state index contributed by atoms with van der Waals surface area (Å²) in [5, 5.41) is 38.3. The molecular weight excluding hydrogens is 2230 g/mol. The molecule has 3 fully saturated rings. The fourth-order valence-corrected chi connectivity index (χ4v) is 12.6. The first kappa shape index (κ1) is 119. The van der Waals surface area contributed by atoms with Gasteiger partial charge in [0.15, 0.2) is 11.6 Å². The molecular formula is C93H94B3Br3F16IN5O21. The van der Waals surface area contributed by atoms with Gasteiger partial charge in [-0.15, -0.1) is 0 Å². The van der Waals surface area contributed by atoms with E-state index in [9.17, 15) is 99.3 Å². The Hall–Kier alpha value is -11.4. The van der Waals surface area contributed by atoms with Gasteiger partial charge in [-0.05, 0) is 302 Å². The molecule has 0 spiro atoms. The number of rotatable bonds is 24. The van der Waals surface area contributed by atoms with E-state index in [2.05, 4.69) is 97.5 Å². The molecule has 0 unspecified atom stereocenters. The van der Waals surface area contributed by atoms with Crippen molar-refractivity contribution in [2.75, 3.05) is 52.8 Å². The molecule has 3 aliphatic rings. The van der Waals surface area contributed by atoms with E-state index in [1.807, 2.05) is 114 Å². The molecule has 10 aromatic rings. The van der Waals surface area contributed by atoms with Crippen LogP contribution in [0.4, 0.5) is 121 Å². The number of aromatic carboxylic acids is 2. The number of carboxylic acids is 2. The molecule has 142 heavy (non-hydrogen) atoms. The van der Waals surface area contributed by atoms with Gasteiger partial charge in [0, 0.05) is 40.0 Å². The summed E-state index contributed by atoms with van der Waals surface area (Å²) in [4.78, 5) is 57.0. The van der Waals surface area contributed by atoms with E-state index in [1.54, 1.807) is 22.6 Å². The first-order valence-corrected chi connectivity index (χ1v) is 45.2. The molecule has 26 nitrogen and oxygen atoms in total. The minimum Gasteiger partial charge on any atom is -0.505 e. The minimum absolute atomic E-state index is 0.000900. The molecule has 0 radical (unpaired) electrons. The number of benzene rings is 10. The number of hydrogen-bond acceptors (Lipinski definition) is 24. The third-order valence-corrected chi connectivity index (χ3v) is 23.4. The third kappa shape index (κ3) is 35.3. The number of esters is 3. The van der Waals surface area contributed by atoms with Gasteiger partial charge in [0.25, 0.3) is 0 Å². The standard InChI is InChI=1S/C21H23BF3NO5.C15H11BrF3NO3.C15H12F3NO4.C14H9BrF3NO3.C12H24B2O4.C7H3BrF2O2.C7H9N.C2H3F2I/c1-20(2)21(3,4)31-22(30-20)15-11-17(14(10-16(15)23)18(27)28-5)26-12-6-8-13(9-7-12)29-19(24)25;1-22-14(21)10-6-12(17)11(16)7-13(10)20-8-2-4-9(5-3-8)23-15(18)19;1-22-14(21)10-6-11(16)13(20)7-12(10)19-8-2-4-9(5-3-8)23-15(17)18;15-10-6-12(9(13(20)21)5-11(10)16)19-7-1-3-8(4-2-7)22-14(17)18;1-9(2)10(3,4)16-13(15-9)14-17-11(5,6)12(7,8)18-14;8-4-2-5(9)3(7(11)12)1-6(4)10;1-6-2-4-7(8)5-3-6;3-2(4)1-5/h6-11,19,26H,1-5H3;2-7,15,20H,1H3;2-7,15,19-20H,1H3;1-6,14,19H,(H,20,21);1-8H3;1-2H,(H,11,12);2-5H,8H2,1H3;2H,1H2. The molecule has 49 heteroatoms. The van der Waals surface area contributed by atoms with Gasteiger partial charge in [0.05, 0.1) is 123 Å². The Labute approximate surface area is 844 Å². The summed E-state index contributed by atoms with van der Waals surface area (Å²) in [6, 6.07) is 40.2. The number of ether oxygens (including phenoxy) is 7. The number of aryl methyl sites for hydroxylation is 1. The number of aromatic hydroxyl groups is 1. The highest BCUT2D eigenvalue weighted by Crippen LogP contribution is 2.45. The topological polar surface area (TPSA) is 340 Å². The van der Waals surface area contributed by atoms with Gasteiger partial charge in [-0.2, -0.15) is 35.1 Å². The highest BCUT2D eigenvalue weighted by atomic mass is 127. The number of carbonyl (C=O) groups excluding carboxylic acids is 3. The number of halogens is 20. The van der Waals surface area contributed by atoms with Gasteiger partial charge >= 0.3 is 77.4 Å². The number of hydrogen-bond donors (Lipinski definition) is 8. The van der Waals surface area contributed by atoms with E-state index in [-0.39, 0.29) is 108 Å². The Morgan fingerprint density at radius 3 is 0.901 bits per heavy atom. The van der Waals surface area contributed by atoms with E-state index in [1.165, 1.54) is 135 Å². The van der Waals surface area contributed by atoms with Crippen LogP contribution in [0.25, 0.3) is 0 Å². The number of phenols is 1. The molecule has 9 N–H and O–H groups in total. The zero-order chi connectivity index (χ0) is 107. The third-order valence-electron chi connectivity index (χ3n) is 20.9. The molecule has 10 aromatic carbocycles. The largest absolute Gasteiger partial charge is 0.505 e. The smallest absolute Gasteiger partial charge is 0.497 e. The Kier molecular flexibility index (Phi) is 44.3. The molecule has 0 atom stereocenters. The molecule has 3 heterocycles. The van der Waals surface area contributed by atoms with Gasteiger partial charge in [-0.1, -0.05) is 40.3 Å². The van der Waals surface area contributed by atoms with Crippen molar-refractivity contribution in [2.45, 2.75) is 156 Å². The van der Waals surface area contributed by atoms with Crippen LogP contribution in [0.5, 0.6) is 28.7 Å². The van der Waals surface area contributed by atoms with Crippen molar-refractivity contribution in [2.24, 2.45) is 0 Å². The van der Waals surface area contributed by atoms with E-state index < -0.39 is 141 Å². The molecule has 766 valence electrons. The number of carboxylic acid groups (broad SMARTS) is 2. The second-order valence-electron chi connectivity index (χ2n) is 32.6. The summed E-state index contributed by atoms with van der Waals surface area (Å²) in [7, 11) is 1.56. The Morgan fingerprint density at radius 1 is 0.366 bits per heavy atom. The van der Waals surface area contributed by atoms with E-state index >= 15 is 0 Å². The van der Waals surface area contributed by atoms with Crippen LogP contribution in [-0.4, -0.2) is 159 Å². The fraction of sp³-hybridized carbons (Fsp3) is 0.301. The number of alkyl halides is 11. The summed E-state index contributed by atoms with van der Waals surface area (Å²) in [6.07, 6.45) is -2.13. The lowest BCUT2D eigenvalue weighted by molar-refractivity contribution is -0.0505. The zero-order valence-electron chi connectivity index (χ0n) is 78.0. The zero-order valence-corrected chi connectivity index (χ0v) is 84.9. The van der Waals surface area contributed by atoms with Crippen molar-refractivity contribution in [1.82, 2.24) is 0 Å². The first-order valence-electron chi connectivity index (χ1n) is 41.3. The average Bonchev–Trinajstić information content (AvgIpc) is 1.59. The minimum atomic E-state index is -2.94. The Balaban J connectivity index is 0.000000258. The SMILES string of the molecule is CC1(C)OB(B2OC(C)(C)C(C)(C)O2)OC1(C)C.COC(=O)c1cc(F)c(B2OC(C)(C)C(C)(C)O2)cc1Nc1ccc(OC(F)F)cc1.COC(=O)c1cc(F)c(Br)cc1Nc1ccc(OC(F)F)cc1.COC(=O)c1cc(F)c(O)cc1Nc1ccc(OC(F)F)cc1.Cc1ccc(N)cc1.FC(F)CI.O=C(O)c1cc(F)c(Br)cc1F.O=C(O)c1cc(F)c(Br)cc1Nc1ccc(OC(F)F)cc1. The van der Waals surface area contributed by atoms with Crippen molar-refractivity contribution < 1.29 is 171 Å². The summed E-state index contributed by atoms with van der Waals surface area (Å²) in [5.74, 6) is -10.5. The highest BCUT2D eigenvalue weighted by Gasteiger charge is 2.64.